The molecule has 2 N–H and O–H groups in total. The van der Waals surface area contributed by atoms with Crippen LogP contribution in [-0.4, -0.2) is 74.0 Å². The molecule has 0 aliphatic carbocycles. The van der Waals surface area contributed by atoms with Crippen LogP contribution in [-0.2, 0) is 6.54 Å². The summed E-state index contributed by atoms with van der Waals surface area (Å²) in [7, 11) is 0. The van der Waals surface area contributed by atoms with Crippen molar-refractivity contribution < 1.29 is 9.59 Å². The lowest BCUT2D eigenvalue weighted by Crippen LogP contribution is -2.56. The topological polar surface area (TPSA) is 97.5 Å². The Morgan fingerprint density at radius 2 is 2.07 bits per heavy atom. The summed E-state index contributed by atoms with van der Waals surface area (Å²) >= 11 is 0. The molecule has 0 radical (unpaired) electrons. The molecular formula is C21H31N7O2. The fraction of sp³-hybridized carbons (Fsp3) is 0.524. The molecule has 2 aliphatic rings. The lowest BCUT2D eigenvalue weighted by Gasteiger charge is -2.41. The SMILES string of the molecule is C.CCN1CCN(C(=O)N2Cc3c(NC(=O)c4ccccn4)n[nH]c3C2C)CC1C. The number of nitrogens with zero attached hydrogens (tertiary/aromatic N) is 5. The molecule has 0 saturated carbocycles. The Morgan fingerprint density at radius 3 is 2.73 bits per heavy atom. The maximum atomic E-state index is 13.2. The van der Waals surface area contributed by atoms with E-state index in [0.29, 0.717) is 24.1 Å². The van der Waals surface area contributed by atoms with Crippen LogP contribution < -0.4 is 5.32 Å². The maximum absolute atomic E-state index is 13.2. The number of amides is 3. The summed E-state index contributed by atoms with van der Waals surface area (Å²) in [6, 6.07) is 5.44. The van der Waals surface area contributed by atoms with Gasteiger partial charge in [-0.15, -0.1) is 0 Å². The van der Waals surface area contributed by atoms with Gasteiger partial charge in [-0.25, -0.2) is 4.79 Å². The molecule has 3 amide bonds. The molecular weight excluding hydrogens is 382 g/mol. The summed E-state index contributed by atoms with van der Waals surface area (Å²) in [5.41, 5.74) is 2.05. The molecule has 2 aromatic rings. The molecule has 0 aromatic carbocycles. The zero-order valence-electron chi connectivity index (χ0n) is 17.1. The van der Waals surface area contributed by atoms with Crippen LogP contribution in [0.1, 0.15) is 56.0 Å². The molecule has 9 heteroatoms. The summed E-state index contributed by atoms with van der Waals surface area (Å²) in [5.74, 6) is 0.142. The monoisotopic (exact) mass is 413 g/mol. The van der Waals surface area contributed by atoms with Crippen LogP contribution in [0.5, 0.6) is 0 Å². The molecule has 0 bridgehead atoms. The Bertz CT molecular complexity index is 898. The van der Waals surface area contributed by atoms with E-state index < -0.39 is 0 Å². The largest absolute Gasteiger partial charge is 0.322 e. The summed E-state index contributed by atoms with van der Waals surface area (Å²) < 4.78 is 0. The van der Waals surface area contributed by atoms with Crippen LogP contribution in [0.15, 0.2) is 24.4 Å². The first-order valence-electron chi connectivity index (χ1n) is 10.1. The summed E-state index contributed by atoms with van der Waals surface area (Å²) in [6.07, 6.45) is 1.58. The van der Waals surface area contributed by atoms with E-state index in [9.17, 15) is 9.59 Å². The lowest BCUT2D eigenvalue weighted by atomic mass is 10.2. The fourth-order valence-electron chi connectivity index (χ4n) is 4.17. The Kier molecular flexibility index (Phi) is 6.40. The molecule has 0 spiro atoms. The van der Waals surface area contributed by atoms with Crippen molar-refractivity contribution in [2.24, 2.45) is 0 Å². The van der Waals surface area contributed by atoms with E-state index in [4.69, 9.17) is 0 Å². The number of urea groups is 1. The van der Waals surface area contributed by atoms with Crippen LogP contribution in [0.25, 0.3) is 0 Å². The van der Waals surface area contributed by atoms with Crippen molar-refractivity contribution in [1.29, 1.82) is 0 Å². The molecule has 9 nitrogen and oxygen atoms in total. The standard InChI is InChI=1S/C20H27N7O2.CH4/c1-4-25-9-10-26(11-13(25)2)20(29)27-12-15-17(14(27)3)23-24-18(15)22-19(28)16-7-5-6-8-21-16;/h5-8,13-14H,4,9-12H2,1-3H3,(H2,22,23,24,28);1H4. The molecule has 2 atom stereocenters. The van der Waals surface area contributed by atoms with Crippen molar-refractivity contribution in [1.82, 2.24) is 29.9 Å². The van der Waals surface area contributed by atoms with Crippen LogP contribution >= 0.6 is 0 Å². The van der Waals surface area contributed by atoms with Crippen molar-refractivity contribution >= 4 is 17.8 Å². The third-order valence-corrected chi connectivity index (χ3v) is 5.93. The molecule has 1 saturated heterocycles. The second-order valence-corrected chi connectivity index (χ2v) is 7.64. The van der Waals surface area contributed by atoms with Gasteiger partial charge in [0.05, 0.1) is 18.3 Å². The van der Waals surface area contributed by atoms with E-state index in [-0.39, 0.29) is 25.4 Å². The van der Waals surface area contributed by atoms with Crippen molar-refractivity contribution in [2.75, 3.05) is 31.5 Å². The predicted octanol–water partition coefficient (Wildman–Crippen LogP) is 2.72. The molecule has 2 aromatic heterocycles. The second kappa shape index (κ2) is 8.83. The van der Waals surface area contributed by atoms with Crippen molar-refractivity contribution in [3.8, 4) is 0 Å². The van der Waals surface area contributed by atoms with Gasteiger partial charge < -0.3 is 15.1 Å². The Morgan fingerprint density at radius 1 is 1.27 bits per heavy atom. The summed E-state index contributed by atoms with van der Waals surface area (Å²) in [6.45, 7) is 10.1. The Labute approximate surface area is 177 Å². The lowest BCUT2D eigenvalue weighted by molar-refractivity contribution is 0.0788. The van der Waals surface area contributed by atoms with Gasteiger partial charge in [-0.3, -0.25) is 19.8 Å². The average Bonchev–Trinajstić information content (AvgIpc) is 3.28. The molecule has 4 rings (SSSR count). The number of hydrogen-bond donors (Lipinski definition) is 2. The summed E-state index contributed by atoms with van der Waals surface area (Å²) in [5, 5.41) is 10.1. The number of carbonyl (C=O) groups excluding carboxylic acids is 2. The van der Waals surface area contributed by atoms with Crippen molar-refractivity contribution in [3.05, 3.63) is 41.3 Å². The number of rotatable bonds is 3. The van der Waals surface area contributed by atoms with Crippen LogP contribution in [0.2, 0.25) is 0 Å². The highest BCUT2D eigenvalue weighted by Crippen LogP contribution is 2.36. The van der Waals surface area contributed by atoms with Crippen LogP contribution in [0.4, 0.5) is 10.6 Å². The number of pyridine rings is 1. The maximum Gasteiger partial charge on any atom is 0.320 e. The smallest absolute Gasteiger partial charge is 0.320 e. The number of anilines is 1. The zero-order valence-corrected chi connectivity index (χ0v) is 17.1. The number of piperazine rings is 1. The van der Waals surface area contributed by atoms with Gasteiger partial charge >= 0.3 is 6.03 Å². The Balaban J connectivity index is 0.00000256. The number of nitrogens with one attached hydrogen (secondary N) is 2. The predicted molar refractivity (Wildman–Crippen MR) is 115 cm³/mol. The molecule has 2 unspecified atom stereocenters. The minimum absolute atomic E-state index is 0. The van der Waals surface area contributed by atoms with Crippen LogP contribution in [0.3, 0.4) is 0 Å². The van der Waals surface area contributed by atoms with Crippen molar-refractivity contribution in [2.45, 2.75) is 46.8 Å². The number of likely N-dealkylation sites (N-methyl/N-ethyl adjacent to an activating group) is 1. The highest BCUT2D eigenvalue weighted by atomic mass is 16.2. The third-order valence-electron chi connectivity index (χ3n) is 5.93. The van der Waals surface area contributed by atoms with Crippen LogP contribution in [0, 0.1) is 0 Å². The van der Waals surface area contributed by atoms with E-state index in [1.165, 1.54) is 0 Å². The minimum atomic E-state index is -0.318. The number of fused-ring (bicyclic) bond motifs is 1. The van der Waals surface area contributed by atoms with Gasteiger partial charge in [-0.1, -0.05) is 20.4 Å². The van der Waals surface area contributed by atoms with Gasteiger partial charge in [0.2, 0.25) is 0 Å². The second-order valence-electron chi connectivity index (χ2n) is 7.64. The number of aromatic nitrogens is 3. The Hall–Kier alpha value is -2.94. The average molecular weight is 414 g/mol. The zero-order chi connectivity index (χ0) is 20.5. The molecule has 162 valence electrons. The van der Waals surface area contributed by atoms with Gasteiger partial charge in [0.1, 0.15) is 5.69 Å². The first-order chi connectivity index (χ1) is 14.0. The van der Waals surface area contributed by atoms with E-state index in [0.717, 1.165) is 37.4 Å². The van der Waals surface area contributed by atoms with Gasteiger partial charge in [0.25, 0.3) is 5.91 Å². The molecule has 30 heavy (non-hydrogen) atoms. The highest BCUT2D eigenvalue weighted by molar-refractivity contribution is 6.02. The van der Waals surface area contributed by atoms with E-state index >= 15 is 0 Å². The summed E-state index contributed by atoms with van der Waals surface area (Å²) in [4.78, 5) is 35.8. The highest BCUT2D eigenvalue weighted by Gasteiger charge is 2.38. The molecule has 1 fully saturated rings. The fourth-order valence-corrected chi connectivity index (χ4v) is 4.17. The number of hydrogen-bond acceptors (Lipinski definition) is 5. The number of carbonyl (C=O) groups is 2. The number of aromatic amines is 1. The first kappa shape index (κ1) is 21.8. The van der Waals surface area contributed by atoms with E-state index in [2.05, 4.69) is 39.2 Å². The van der Waals surface area contributed by atoms with Gasteiger partial charge in [0.15, 0.2) is 5.82 Å². The van der Waals surface area contributed by atoms with E-state index in [1.54, 1.807) is 24.4 Å². The first-order valence-corrected chi connectivity index (χ1v) is 10.1. The van der Waals surface area contributed by atoms with Gasteiger partial charge in [-0.05, 0) is 32.5 Å². The quantitative estimate of drug-likeness (QED) is 0.806. The minimum Gasteiger partial charge on any atom is -0.322 e. The van der Waals surface area contributed by atoms with Crippen molar-refractivity contribution in [3.63, 3.8) is 0 Å². The van der Waals surface area contributed by atoms with Gasteiger partial charge in [-0.2, -0.15) is 5.10 Å². The number of H-pyrrole nitrogens is 1. The molecule has 4 heterocycles. The van der Waals surface area contributed by atoms with Gasteiger partial charge in [0, 0.05) is 37.4 Å². The van der Waals surface area contributed by atoms with E-state index in [1.807, 2.05) is 16.7 Å². The third kappa shape index (κ3) is 3.89. The normalized spacial score (nSPS) is 21.2. The molecule has 2 aliphatic heterocycles.